The van der Waals surface area contributed by atoms with Crippen LogP contribution in [0.3, 0.4) is 0 Å². The molecule has 108 valence electrons. The van der Waals surface area contributed by atoms with Crippen LogP contribution in [0.4, 0.5) is 5.69 Å². The molecule has 1 fully saturated rings. The summed E-state index contributed by atoms with van der Waals surface area (Å²) in [7, 11) is 0. The van der Waals surface area contributed by atoms with E-state index < -0.39 is 0 Å². The Balaban J connectivity index is 1.53. The fraction of sp³-hybridized carbons (Fsp3) is 0.353. The van der Waals surface area contributed by atoms with Crippen molar-refractivity contribution in [2.24, 2.45) is 0 Å². The van der Waals surface area contributed by atoms with Gasteiger partial charge in [-0.25, -0.2) is 0 Å². The number of nitrogens with one attached hydrogen (secondary N) is 1. The quantitative estimate of drug-likeness (QED) is 0.911. The molecule has 0 atom stereocenters. The lowest BCUT2D eigenvalue weighted by atomic mass is 10.2. The van der Waals surface area contributed by atoms with Gasteiger partial charge in [0, 0.05) is 29.0 Å². The highest BCUT2D eigenvalue weighted by atomic mass is 32.1. The Bertz CT molecular complexity index is 618. The fourth-order valence-electron chi connectivity index (χ4n) is 2.65. The second kappa shape index (κ2) is 6.75. The van der Waals surface area contributed by atoms with E-state index in [2.05, 4.69) is 40.6 Å². The molecule has 0 unspecified atom stereocenters. The third-order valence-corrected chi connectivity index (χ3v) is 4.75. The van der Waals surface area contributed by atoms with Gasteiger partial charge in [-0.15, -0.1) is 11.3 Å². The van der Waals surface area contributed by atoms with Crippen LogP contribution in [0, 0.1) is 11.3 Å². The summed E-state index contributed by atoms with van der Waals surface area (Å²) in [5, 5.41) is 14.1. The molecule has 0 amide bonds. The van der Waals surface area contributed by atoms with Crippen molar-refractivity contribution in [3.8, 4) is 6.07 Å². The zero-order valence-corrected chi connectivity index (χ0v) is 12.8. The van der Waals surface area contributed by atoms with Crippen LogP contribution in [0.25, 0.3) is 0 Å². The number of hydrogen-bond donors (Lipinski definition) is 1. The van der Waals surface area contributed by atoms with E-state index in [1.807, 2.05) is 11.4 Å². The van der Waals surface area contributed by atoms with E-state index in [4.69, 9.17) is 5.26 Å². The van der Waals surface area contributed by atoms with Gasteiger partial charge >= 0.3 is 0 Å². The Morgan fingerprint density at radius 3 is 2.62 bits per heavy atom. The molecule has 2 aromatic rings. The second-order valence-electron chi connectivity index (χ2n) is 5.45. The lowest BCUT2D eigenvalue weighted by Crippen LogP contribution is -2.18. The van der Waals surface area contributed by atoms with E-state index in [0.717, 1.165) is 24.3 Å². The first-order chi connectivity index (χ1) is 10.3. The van der Waals surface area contributed by atoms with E-state index in [1.165, 1.54) is 36.4 Å². The Hall–Kier alpha value is -1.83. The zero-order valence-electron chi connectivity index (χ0n) is 12.0. The molecule has 1 N–H and O–H groups in total. The summed E-state index contributed by atoms with van der Waals surface area (Å²) >= 11 is 1.63. The van der Waals surface area contributed by atoms with E-state index in [-0.39, 0.29) is 0 Å². The summed E-state index contributed by atoms with van der Waals surface area (Å²) in [5.74, 6) is 0. The molecule has 4 heteroatoms. The Morgan fingerprint density at radius 1 is 1.19 bits per heavy atom. The summed E-state index contributed by atoms with van der Waals surface area (Å²) in [6, 6.07) is 12.8. The number of thiophene rings is 1. The average Bonchev–Trinajstić information content (AvgIpc) is 3.18. The van der Waals surface area contributed by atoms with Gasteiger partial charge in [0.2, 0.25) is 0 Å². The monoisotopic (exact) mass is 297 g/mol. The van der Waals surface area contributed by atoms with Gasteiger partial charge in [-0.3, -0.25) is 4.90 Å². The molecule has 0 spiro atoms. The summed E-state index contributed by atoms with van der Waals surface area (Å²) in [5.41, 5.74) is 3.26. The summed E-state index contributed by atoms with van der Waals surface area (Å²) in [4.78, 5) is 3.70. The number of benzene rings is 1. The summed E-state index contributed by atoms with van der Waals surface area (Å²) in [6.07, 6.45) is 2.68. The molecule has 0 bridgehead atoms. The smallest absolute Gasteiger partial charge is 0.100 e. The first-order valence-electron chi connectivity index (χ1n) is 7.36. The predicted molar refractivity (Wildman–Crippen MR) is 87.3 cm³/mol. The van der Waals surface area contributed by atoms with Crippen LogP contribution >= 0.6 is 11.3 Å². The highest BCUT2D eigenvalue weighted by molar-refractivity contribution is 7.10. The molecule has 2 heterocycles. The molecule has 1 aliphatic rings. The van der Waals surface area contributed by atoms with Crippen LogP contribution in [-0.4, -0.2) is 18.0 Å². The van der Waals surface area contributed by atoms with E-state index in [9.17, 15) is 0 Å². The molecule has 3 rings (SSSR count). The Morgan fingerprint density at radius 2 is 1.95 bits per heavy atom. The maximum Gasteiger partial charge on any atom is 0.100 e. The SMILES string of the molecule is N#Cc1csc(CNc2ccc(CN3CCCC3)cc2)c1. The van der Waals surface area contributed by atoms with Crippen LogP contribution in [0.2, 0.25) is 0 Å². The van der Waals surface area contributed by atoms with Crippen molar-refractivity contribution in [1.29, 1.82) is 5.26 Å². The summed E-state index contributed by atoms with van der Waals surface area (Å²) < 4.78 is 0. The molecule has 3 nitrogen and oxygen atoms in total. The Labute approximate surface area is 129 Å². The summed E-state index contributed by atoms with van der Waals surface area (Å²) in [6.45, 7) is 4.31. The van der Waals surface area contributed by atoms with Crippen molar-refractivity contribution in [3.63, 3.8) is 0 Å². The maximum atomic E-state index is 8.82. The van der Waals surface area contributed by atoms with Crippen molar-refractivity contribution in [3.05, 3.63) is 51.7 Å². The normalized spacial score (nSPS) is 15.0. The number of anilines is 1. The third kappa shape index (κ3) is 3.84. The van der Waals surface area contributed by atoms with Gasteiger partial charge in [-0.05, 0) is 49.7 Å². The lowest BCUT2D eigenvalue weighted by Gasteiger charge is -2.14. The van der Waals surface area contributed by atoms with Crippen molar-refractivity contribution in [2.75, 3.05) is 18.4 Å². The molecule has 0 saturated carbocycles. The van der Waals surface area contributed by atoms with Gasteiger partial charge in [-0.1, -0.05) is 12.1 Å². The van der Waals surface area contributed by atoms with Crippen LogP contribution in [0.5, 0.6) is 0 Å². The number of nitriles is 1. The van der Waals surface area contributed by atoms with Crippen LogP contribution in [0.1, 0.15) is 28.8 Å². The number of nitrogens with zero attached hydrogens (tertiary/aromatic N) is 2. The van der Waals surface area contributed by atoms with E-state index in [1.54, 1.807) is 11.3 Å². The van der Waals surface area contributed by atoms with Crippen LogP contribution in [0.15, 0.2) is 35.7 Å². The van der Waals surface area contributed by atoms with Gasteiger partial charge in [0.1, 0.15) is 6.07 Å². The number of rotatable bonds is 5. The topological polar surface area (TPSA) is 39.1 Å². The number of hydrogen-bond acceptors (Lipinski definition) is 4. The van der Waals surface area contributed by atoms with E-state index >= 15 is 0 Å². The van der Waals surface area contributed by atoms with Gasteiger partial charge in [0.25, 0.3) is 0 Å². The van der Waals surface area contributed by atoms with Crippen molar-refractivity contribution in [1.82, 2.24) is 4.90 Å². The molecule has 1 saturated heterocycles. The zero-order chi connectivity index (χ0) is 14.5. The average molecular weight is 297 g/mol. The third-order valence-electron chi connectivity index (χ3n) is 3.81. The molecule has 21 heavy (non-hydrogen) atoms. The maximum absolute atomic E-state index is 8.82. The van der Waals surface area contributed by atoms with E-state index in [0.29, 0.717) is 0 Å². The highest BCUT2D eigenvalue weighted by Gasteiger charge is 2.11. The first kappa shape index (κ1) is 14.1. The van der Waals surface area contributed by atoms with Gasteiger partial charge in [0.05, 0.1) is 5.56 Å². The Kier molecular flexibility index (Phi) is 4.54. The van der Waals surface area contributed by atoms with Crippen molar-refractivity contribution < 1.29 is 0 Å². The standard InChI is InChI=1S/C17H19N3S/c18-10-15-9-17(21-13-15)11-19-16-5-3-14(4-6-16)12-20-7-1-2-8-20/h3-6,9,13,19H,1-2,7-8,11-12H2. The number of likely N-dealkylation sites (tertiary alicyclic amines) is 1. The first-order valence-corrected chi connectivity index (χ1v) is 8.24. The molecule has 1 aromatic heterocycles. The minimum Gasteiger partial charge on any atom is -0.380 e. The molecule has 1 aromatic carbocycles. The second-order valence-corrected chi connectivity index (χ2v) is 6.44. The van der Waals surface area contributed by atoms with Crippen molar-refractivity contribution >= 4 is 17.0 Å². The van der Waals surface area contributed by atoms with Crippen molar-refractivity contribution in [2.45, 2.75) is 25.9 Å². The van der Waals surface area contributed by atoms with Crippen LogP contribution < -0.4 is 5.32 Å². The molecular formula is C17H19N3S. The largest absolute Gasteiger partial charge is 0.380 e. The minimum atomic E-state index is 0.748. The van der Waals surface area contributed by atoms with Gasteiger partial charge < -0.3 is 5.32 Å². The van der Waals surface area contributed by atoms with Gasteiger partial charge in [0.15, 0.2) is 0 Å². The fourth-order valence-corrected chi connectivity index (χ4v) is 3.40. The van der Waals surface area contributed by atoms with Crippen LogP contribution in [-0.2, 0) is 13.1 Å². The minimum absolute atomic E-state index is 0.748. The molecular weight excluding hydrogens is 278 g/mol. The predicted octanol–water partition coefficient (Wildman–Crippen LogP) is 3.83. The highest BCUT2D eigenvalue weighted by Crippen LogP contribution is 2.18. The molecule has 0 aliphatic carbocycles. The lowest BCUT2D eigenvalue weighted by molar-refractivity contribution is 0.331. The molecule has 0 radical (unpaired) electrons. The van der Waals surface area contributed by atoms with Gasteiger partial charge in [-0.2, -0.15) is 5.26 Å². The molecule has 1 aliphatic heterocycles.